The van der Waals surface area contributed by atoms with E-state index in [-0.39, 0.29) is 5.75 Å². The Labute approximate surface area is 180 Å². The highest BCUT2D eigenvalue weighted by Gasteiger charge is 2.16. The number of pyridine rings is 1. The van der Waals surface area contributed by atoms with E-state index in [2.05, 4.69) is 25.4 Å². The van der Waals surface area contributed by atoms with Crippen LogP contribution in [0.15, 0.2) is 71.3 Å². The summed E-state index contributed by atoms with van der Waals surface area (Å²) in [5.41, 5.74) is 3.11. The molecule has 3 heterocycles. The summed E-state index contributed by atoms with van der Waals surface area (Å²) in [5.74, 6) is 1.23. The van der Waals surface area contributed by atoms with Gasteiger partial charge in [0.2, 0.25) is 5.89 Å². The minimum Gasteiger partial charge on any atom is -0.508 e. The number of rotatable bonds is 5. The molecule has 2 aromatic carbocycles. The van der Waals surface area contributed by atoms with Gasteiger partial charge in [-0.2, -0.15) is 0 Å². The zero-order chi connectivity index (χ0) is 21.2. The first-order chi connectivity index (χ1) is 15.2. The first-order valence-corrected chi connectivity index (χ1v) is 10.1. The number of phenols is 1. The third kappa shape index (κ3) is 3.74. The predicted molar refractivity (Wildman–Crippen MR) is 116 cm³/mol. The molecule has 0 fully saturated rings. The molecule has 9 heteroatoms. The molecular weight excluding hydrogens is 414 g/mol. The van der Waals surface area contributed by atoms with Gasteiger partial charge in [-0.15, -0.1) is 20.4 Å². The van der Waals surface area contributed by atoms with Gasteiger partial charge in [-0.05, 0) is 36.4 Å². The zero-order valence-electron chi connectivity index (χ0n) is 16.3. The van der Waals surface area contributed by atoms with Gasteiger partial charge in [0.25, 0.3) is 5.89 Å². The van der Waals surface area contributed by atoms with E-state index in [4.69, 9.17) is 9.15 Å². The average Bonchev–Trinajstić information content (AvgIpc) is 3.50. The molecule has 0 saturated carbocycles. The predicted octanol–water partition coefficient (Wildman–Crippen LogP) is 4.70. The van der Waals surface area contributed by atoms with Gasteiger partial charge in [-0.25, -0.2) is 0 Å². The van der Waals surface area contributed by atoms with Gasteiger partial charge in [-0.1, -0.05) is 29.5 Å². The molecule has 0 unspecified atom stereocenters. The summed E-state index contributed by atoms with van der Waals surface area (Å²) in [4.78, 5) is 4.31. The molecule has 0 aliphatic heterocycles. The molecule has 0 saturated heterocycles. The lowest BCUT2D eigenvalue weighted by atomic mass is 10.1. The highest BCUT2D eigenvalue weighted by molar-refractivity contribution is 7.17. The minimum absolute atomic E-state index is 0.0961. The summed E-state index contributed by atoms with van der Waals surface area (Å²) in [6.07, 6.45) is 1.73. The summed E-state index contributed by atoms with van der Waals surface area (Å²) in [6, 6.07) is 18.0. The molecule has 1 N–H and O–H groups in total. The molecule has 0 amide bonds. The minimum atomic E-state index is 0.0961. The second-order valence-corrected chi connectivity index (χ2v) is 7.48. The third-order valence-electron chi connectivity index (χ3n) is 4.53. The molecular formula is C22H15N5O3S. The number of hydrogen-bond donors (Lipinski definition) is 1. The number of aromatic hydroxyl groups is 1. The van der Waals surface area contributed by atoms with E-state index in [0.717, 1.165) is 26.8 Å². The first-order valence-electron chi connectivity index (χ1n) is 9.28. The van der Waals surface area contributed by atoms with Gasteiger partial charge in [0.05, 0.1) is 12.7 Å². The summed E-state index contributed by atoms with van der Waals surface area (Å²) in [7, 11) is 1.51. The van der Waals surface area contributed by atoms with Crippen molar-refractivity contribution in [3.05, 3.63) is 66.9 Å². The lowest BCUT2D eigenvalue weighted by molar-refractivity contribution is 0.407. The summed E-state index contributed by atoms with van der Waals surface area (Å²) < 4.78 is 11.1. The van der Waals surface area contributed by atoms with Gasteiger partial charge in [0.1, 0.15) is 22.2 Å². The van der Waals surface area contributed by atoms with Crippen LogP contribution >= 0.6 is 11.3 Å². The van der Waals surface area contributed by atoms with Crippen LogP contribution in [0.3, 0.4) is 0 Å². The van der Waals surface area contributed by atoms with Crippen molar-refractivity contribution in [2.45, 2.75) is 0 Å². The van der Waals surface area contributed by atoms with Crippen molar-refractivity contribution < 1.29 is 14.3 Å². The van der Waals surface area contributed by atoms with E-state index in [1.165, 1.54) is 30.6 Å². The monoisotopic (exact) mass is 429 g/mol. The topological polar surface area (TPSA) is 107 Å². The Kier molecular flexibility index (Phi) is 4.85. The maximum atomic E-state index is 9.63. The smallest absolute Gasteiger partial charge is 0.251 e. The number of aromatic nitrogens is 5. The maximum Gasteiger partial charge on any atom is 0.251 e. The van der Waals surface area contributed by atoms with Crippen LogP contribution in [0.4, 0.5) is 0 Å². The van der Waals surface area contributed by atoms with Crippen molar-refractivity contribution in [3.63, 3.8) is 0 Å². The summed E-state index contributed by atoms with van der Waals surface area (Å²) in [6.45, 7) is 0. The van der Waals surface area contributed by atoms with Crippen LogP contribution in [0.2, 0.25) is 0 Å². The largest absolute Gasteiger partial charge is 0.508 e. The van der Waals surface area contributed by atoms with Gasteiger partial charge in [0, 0.05) is 23.4 Å². The number of nitrogens with zero attached hydrogens (tertiary/aromatic N) is 5. The van der Waals surface area contributed by atoms with Crippen molar-refractivity contribution >= 4 is 11.3 Å². The van der Waals surface area contributed by atoms with E-state index in [0.29, 0.717) is 23.1 Å². The third-order valence-corrected chi connectivity index (χ3v) is 5.52. The van der Waals surface area contributed by atoms with Crippen LogP contribution < -0.4 is 4.74 Å². The second-order valence-electron chi connectivity index (χ2n) is 6.50. The molecule has 31 heavy (non-hydrogen) atoms. The van der Waals surface area contributed by atoms with Crippen molar-refractivity contribution in [2.24, 2.45) is 0 Å². The lowest BCUT2D eigenvalue weighted by Crippen LogP contribution is -1.87. The Morgan fingerprint density at radius 1 is 0.839 bits per heavy atom. The Morgan fingerprint density at radius 2 is 1.61 bits per heavy atom. The van der Waals surface area contributed by atoms with Crippen molar-refractivity contribution in [3.8, 4) is 55.7 Å². The zero-order valence-corrected chi connectivity index (χ0v) is 17.1. The maximum absolute atomic E-state index is 9.63. The van der Waals surface area contributed by atoms with Crippen LogP contribution in [-0.2, 0) is 0 Å². The Morgan fingerprint density at radius 3 is 2.39 bits per heavy atom. The Balaban J connectivity index is 1.40. The number of hydrogen-bond acceptors (Lipinski definition) is 9. The molecule has 5 rings (SSSR count). The second kappa shape index (κ2) is 7.96. The van der Waals surface area contributed by atoms with Crippen molar-refractivity contribution in [1.82, 2.24) is 25.4 Å². The van der Waals surface area contributed by atoms with Crippen LogP contribution in [0.1, 0.15) is 0 Å². The normalized spacial score (nSPS) is 10.9. The molecule has 3 aromatic heterocycles. The number of methoxy groups -OCH3 is 1. The lowest BCUT2D eigenvalue weighted by Gasteiger charge is -2.04. The van der Waals surface area contributed by atoms with Crippen LogP contribution in [0.25, 0.3) is 44.2 Å². The summed E-state index contributed by atoms with van der Waals surface area (Å²) >= 11 is 1.48. The fraction of sp³-hybridized carbons (Fsp3) is 0.0455. The molecule has 8 nitrogen and oxygen atoms in total. The average molecular weight is 429 g/mol. The highest BCUT2D eigenvalue weighted by atomic mass is 32.1. The quantitative estimate of drug-likeness (QED) is 0.428. The van der Waals surface area contributed by atoms with E-state index in [1.54, 1.807) is 12.3 Å². The van der Waals surface area contributed by atoms with E-state index in [1.807, 2.05) is 42.5 Å². The Hall–Kier alpha value is -4.11. The molecule has 5 aromatic rings. The van der Waals surface area contributed by atoms with E-state index >= 15 is 0 Å². The fourth-order valence-electron chi connectivity index (χ4n) is 2.99. The standard InChI is InChI=1S/C22H15N5O3S/c1-29-18-12-15(28)9-10-16(18)20-25-24-19(30-20)13-5-7-14(8-6-13)21-26-27-22(31-21)17-4-2-3-11-23-17/h2-12,28H,1H3. The van der Waals surface area contributed by atoms with Gasteiger partial charge >= 0.3 is 0 Å². The number of phenolic OH excluding ortho intramolecular Hbond substituents is 1. The molecule has 0 atom stereocenters. The fourth-order valence-corrected chi connectivity index (χ4v) is 3.82. The molecule has 152 valence electrons. The molecule has 0 bridgehead atoms. The van der Waals surface area contributed by atoms with Gasteiger partial charge in [-0.3, -0.25) is 4.98 Å². The van der Waals surface area contributed by atoms with Crippen molar-refractivity contribution in [2.75, 3.05) is 7.11 Å². The van der Waals surface area contributed by atoms with Crippen LogP contribution in [0, 0.1) is 0 Å². The van der Waals surface area contributed by atoms with Crippen LogP contribution in [-0.4, -0.2) is 37.6 Å². The first kappa shape index (κ1) is 18.9. The van der Waals surface area contributed by atoms with Crippen molar-refractivity contribution in [1.29, 1.82) is 0 Å². The van der Waals surface area contributed by atoms with E-state index < -0.39 is 0 Å². The molecule has 0 aliphatic rings. The molecule has 0 spiro atoms. The highest BCUT2D eigenvalue weighted by Crippen LogP contribution is 2.34. The van der Waals surface area contributed by atoms with E-state index in [9.17, 15) is 5.11 Å². The number of ether oxygens (including phenoxy) is 1. The summed E-state index contributed by atoms with van der Waals surface area (Å²) in [5, 5.41) is 28.0. The number of benzene rings is 2. The molecule has 0 radical (unpaired) electrons. The Bertz CT molecular complexity index is 1330. The van der Waals surface area contributed by atoms with Crippen LogP contribution in [0.5, 0.6) is 11.5 Å². The van der Waals surface area contributed by atoms with Gasteiger partial charge < -0.3 is 14.3 Å². The van der Waals surface area contributed by atoms with Gasteiger partial charge in [0.15, 0.2) is 5.01 Å². The SMILES string of the molecule is COc1cc(O)ccc1-c1nnc(-c2ccc(-c3nnc(-c4ccccn4)s3)cc2)o1. The molecule has 0 aliphatic carbocycles.